The molecule has 0 atom stereocenters. The van der Waals surface area contributed by atoms with Crippen molar-refractivity contribution in [2.75, 3.05) is 14.1 Å². The van der Waals surface area contributed by atoms with Crippen molar-refractivity contribution in [3.05, 3.63) is 34.8 Å². The molecule has 1 aliphatic carbocycles. The van der Waals surface area contributed by atoms with Crippen LogP contribution < -0.4 is 0 Å². The number of carbonyl (C=O) groups is 2. The van der Waals surface area contributed by atoms with Crippen molar-refractivity contribution in [2.45, 2.75) is 13.8 Å². The quantitative estimate of drug-likeness (QED) is 0.708. The van der Waals surface area contributed by atoms with Crippen molar-refractivity contribution < 1.29 is 9.59 Å². The highest BCUT2D eigenvalue weighted by Crippen LogP contribution is 2.30. The van der Waals surface area contributed by atoms with Gasteiger partial charge in [0, 0.05) is 30.0 Å². The fraction of sp³-hybridized carbons (Fsp3) is 0.385. The van der Waals surface area contributed by atoms with Gasteiger partial charge in [0.2, 0.25) is 0 Å². The smallest absolute Gasteiger partial charge is 0.285 e. The molecule has 3 nitrogen and oxygen atoms in total. The van der Waals surface area contributed by atoms with Crippen LogP contribution in [-0.4, -0.2) is 30.5 Å². The van der Waals surface area contributed by atoms with Crippen LogP contribution in [0.25, 0.3) is 0 Å². The maximum absolute atomic E-state index is 11.6. The highest BCUT2D eigenvalue weighted by Gasteiger charge is 2.16. The number of hydrogen-bond donors (Lipinski definition) is 0. The molecule has 17 heavy (non-hydrogen) atoms. The lowest BCUT2D eigenvalue weighted by Gasteiger charge is -2.12. The van der Waals surface area contributed by atoms with Crippen molar-refractivity contribution in [1.29, 1.82) is 0 Å². The number of aldehydes is 1. The van der Waals surface area contributed by atoms with Gasteiger partial charge in [-0.3, -0.25) is 9.59 Å². The summed E-state index contributed by atoms with van der Waals surface area (Å²) < 4.78 is 0. The Morgan fingerprint density at radius 3 is 2.41 bits per heavy atom. The average molecular weight is 251 g/mol. The molecule has 0 saturated carbocycles. The van der Waals surface area contributed by atoms with E-state index in [0.29, 0.717) is 10.5 Å². The zero-order valence-electron chi connectivity index (χ0n) is 10.6. The summed E-state index contributed by atoms with van der Waals surface area (Å²) in [5.41, 5.74) is 0.449. The Morgan fingerprint density at radius 1 is 1.29 bits per heavy atom. The predicted octanol–water partition coefficient (Wildman–Crippen LogP) is 3.01. The van der Waals surface area contributed by atoms with Gasteiger partial charge in [-0.1, -0.05) is 38.2 Å². The highest BCUT2D eigenvalue weighted by molar-refractivity contribution is 8.17. The summed E-state index contributed by atoms with van der Waals surface area (Å²) in [5, 5.41) is -0.0860. The summed E-state index contributed by atoms with van der Waals surface area (Å²) in [7, 11) is 3.38. The first-order chi connectivity index (χ1) is 7.85. The number of thioether (sulfide) groups is 1. The third-order valence-electron chi connectivity index (χ3n) is 2.33. The molecule has 0 heterocycles. The molecule has 0 aliphatic heterocycles. The third-order valence-corrected chi connectivity index (χ3v) is 3.46. The minimum atomic E-state index is -0.0995. The van der Waals surface area contributed by atoms with E-state index >= 15 is 0 Å². The van der Waals surface area contributed by atoms with E-state index in [1.807, 2.05) is 32.1 Å². The lowest BCUT2D eigenvalue weighted by molar-refractivity contribution is -0.104. The summed E-state index contributed by atoms with van der Waals surface area (Å²) in [6, 6.07) is 0. The van der Waals surface area contributed by atoms with Crippen molar-refractivity contribution in [1.82, 2.24) is 4.90 Å². The molecule has 92 valence electrons. The van der Waals surface area contributed by atoms with E-state index in [9.17, 15) is 9.59 Å². The number of nitrogens with zero attached hydrogens (tertiary/aromatic N) is 1. The number of allylic oxidation sites excluding steroid dienone is 5. The SMILES string of the molecule is CN(C)C(=O)SC1=C(C=O)C=CC(C)(C)C=C1. The fourth-order valence-electron chi connectivity index (χ4n) is 1.20. The molecular formula is C13H17NO2S. The van der Waals surface area contributed by atoms with E-state index in [1.54, 1.807) is 20.2 Å². The molecule has 0 saturated heterocycles. The standard InChI is InChI=1S/C13H17NO2S/c1-13(2)7-5-10(9-15)11(6-8-13)17-12(16)14(3)4/h5-9H,1-4H3. The van der Waals surface area contributed by atoms with Crippen LogP contribution in [0, 0.1) is 5.41 Å². The molecule has 0 unspecified atom stereocenters. The first-order valence-electron chi connectivity index (χ1n) is 5.33. The molecule has 1 rings (SSSR count). The Labute approximate surface area is 106 Å². The minimum Gasteiger partial charge on any atom is -0.339 e. The number of carbonyl (C=O) groups excluding carboxylic acids is 2. The van der Waals surface area contributed by atoms with E-state index in [0.717, 1.165) is 18.0 Å². The Kier molecular flexibility index (Phi) is 4.34. The molecule has 0 spiro atoms. The van der Waals surface area contributed by atoms with Crippen molar-refractivity contribution >= 4 is 23.3 Å². The minimum absolute atomic E-state index is 0.0860. The Bertz CT molecular complexity index is 417. The molecule has 0 fully saturated rings. The molecule has 0 radical (unpaired) electrons. The lowest BCUT2D eigenvalue weighted by atomic mass is 9.93. The second-order valence-electron chi connectivity index (χ2n) is 4.69. The summed E-state index contributed by atoms with van der Waals surface area (Å²) in [4.78, 5) is 24.8. The molecular weight excluding hydrogens is 234 g/mol. The topological polar surface area (TPSA) is 37.4 Å². The van der Waals surface area contributed by atoms with Gasteiger partial charge in [-0.25, -0.2) is 0 Å². The third kappa shape index (κ3) is 3.89. The second kappa shape index (κ2) is 5.36. The highest BCUT2D eigenvalue weighted by atomic mass is 32.2. The first-order valence-corrected chi connectivity index (χ1v) is 6.14. The van der Waals surface area contributed by atoms with Gasteiger partial charge in [0.25, 0.3) is 5.24 Å². The van der Waals surface area contributed by atoms with Crippen molar-refractivity contribution in [3.8, 4) is 0 Å². The lowest BCUT2D eigenvalue weighted by Crippen LogP contribution is -2.16. The Hall–Kier alpha value is -1.29. The largest absolute Gasteiger partial charge is 0.339 e. The molecule has 0 N–H and O–H groups in total. The maximum Gasteiger partial charge on any atom is 0.285 e. The number of rotatable bonds is 2. The summed E-state index contributed by atoms with van der Waals surface area (Å²) in [5.74, 6) is 0. The van der Waals surface area contributed by atoms with Gasteiger partial charge in [-0.2, -0.15) is 0 Å². The summed E-state index contributed by atoms with van der Waals surface area (Å²) in [6.07, 6.45) is 8.35. The van der Waals surface area contributed by atoms with Crippen LogP contribution >= 0.6 is 11.8 Å². The summed E-state index contributed by atoms with van der Waals surface area (Å²) >= 11 is 1.07. The number of hydrogen-bond acceptors (Lipinski definition) is 3. The van der Waals surface area contributed by atoms with Crippen LogP contribution in [0.3, 0.4) is 0 Å². The maximum atomic E-state index is 11.6. The van der Waals surface area contributed by atoms with E-state index in [1.165, 1.54) is 4.90 Å². The first kappa shape index (κ1) is 13.8. The van der Waals surface area contributed by atoms with Crippen molar-refractivity contribution in [3.63, 3.8) is 0 Å². The van der Waals surface area contributed by atoms with Gasteiger partial charge in [0.1, 0.15) is 0 Å². The Balaban J connectivity index is 3.02. The monoisotopic (exact) mass is 251 g/mol. The van der Waals surface area contributed by atoms with Gasteiger partial charge in [0.05, 0.1) is 0 Å². The van der Waals surface area contributed by atoms with Gasteiger partial charge < -0.3 is 4.90 Å². The van der Waals surface area contributed by atoms with E-state index < -0.39 is 0 Å². The Morgan fingerprint density at radius 2 is 1.88 bits per heavy atom. The second-order valence-corrected chi connectivity index (χ2v) is 5.68. The van der Waals surface area contributed by atoms with Crippen molar-refractivity contribution in [2.24, 2.45) is 5.41 Å². The van der Waals surface area contributed by atoms with Crippen LogP contribution in [-0.2, 0) is 4.79 Å². The van der Waals surface area contributed by atoms with E-state index in [2.05, 4.69) is 0 Å². The van der Waals surface area contributed by atoms with Gasteiger partial charge in [-0.15, -0.1) is 0 Å². The van der Waals surface area contributed by atoms with Crippen LogP contribution in [0.15, 0.2) is 34.8 Å². The molecule has 1 amide bonds. The van der Waals surface area contributed by atoms with Gasteiger partial charge in [0.15, 0.2) is 6.29 Å². The zero-order chi connectivity index (χ0) is 13.1. The molecule has 0 aromatic heterocycles. The van der Waals surface area contributed by atoms with Gasteiger partial charge in [-0.05, 0) is 11.8 Å². The molecule has 0 aromatic carbocycles. The number of amides is 1. The van der Waals surface area contributed by atoms with Crippen LogP contribution in [0.1, 0.15) is 13.8 Å². The normalized spacial score (nSPS) is 17.9. The van der Waals surface area contributed by atoms with Crippen LogP contribution in [0.2, 0.25) is 0 Å². The fourth-order valence-corrected chi connectivity index (χ4v) is 1.95. The molecule has 1 aliphatic rings. The van der Waals surface area contributed by atoms with Crippen LogP contribution in [0.4, 0.5) is 4.79 Å². The van der Waals surface area contributed by atoms with Crippen LogP contribution in [0.5, 0.6) is 0 Å². The zero-order valence-corrected chi connectivity index (χ0v) is 11.4. The van der Waals surface area contributed by atoms with E-state index in [4.69, 9.17) is 0 Å². The molecule has 0 aromatic rings. The average Bonchev–Trinajstić information content (AvgIpc) is 2.38. The molecule has 0 bridgehead atoms. The van der Waals surface area contributed by atoms with E-state index in [-0.39, 0.29) is 10.7 Å². The molecule has 4 heteroatoms. The van der Waals surface area contributed by atoms with Gasteiger partial charge >= 0.3 is 0 Å². The predicted molar refractivity (Wildman–Crippen MR) is 71.8 cm³/mol. The summed E-state index contributed by atoms with van der Waals surface area (Å²) in [6.45, 7) is 4.09.